The van der Waals surface area contributed by atoms with Crippen LogP contribution in [0.25, 0.3) is 139 Å². The molecule has 0 aliphatic carbocycles. The van der Waals surface area contributed by atoms with Gasteiger partial charge in [-0.2, -0.15) is 0 Å². The van der Waals surface area contributed by atoms with E-state index in [1.807, 2.05) is 54.6 Å². The number of aromatic nitrogens is 5. The predicted octanol–water partition coefficient (Wildman–Crippen LogP) is 18.9. The van der Waals surface area contributed by atoms with Gasteiger partial charge in [-0.15, -0.1) is 0 Å². The number of rotatable bonds is 9. The van der Waals surface area contributed by atoms with Gasteiger partial charge in [0.2, 0.25) is 0 Å². The third-order valence-electron chi connectivity index (χ3n) is 15.2. The van der Waals surface area contributed by atoms with Gasteiger partial charge in [0.05, 0.1) is 45.6 Å². The molecule has 6 heteroatoms. The Hall–Kier alpha value is -10.5. The molecule has 0 saturated carbocycles. The number of hydrogen-bond donors (Lipinski definition) is 0. The fourth-order valence-electron chi connectivity index (χ4n) is 11.3. The lowest BCUT2D eigenvalue weighted by Crippen LogP contribution is -2.06. The Morgan fingerprint density at radius 1 is 0.308 bits per heavy atom. The first-order chi connectivity index (χ1) is 38.4. The summed E-state index contributed by atoms with van der Waals surface area (Å²) in [6, 6.07) is 90.2. The molecular weight excluding hydrogens is 949 g/mol. The number of fused-ring (bicyclic) bond motifs is 6. The lowest BCUT2D eigenvalue weighted by atomic mass is 9.92. The molecule has 0 bridgehead atoms. The summed E-state index contributed by atoms with van der Waals surface area (Å²) in [7, 11) is 0. The second kappa shape index (κ2) is 19.0. The smallest absolute Gasteiger partial charge is 0.187 e. The van der Waals surface area contributed by atoms with Gasteiger partial charge >= 0.3 is 0 Å². The zero-order valence-corrected chi connectivity index (χ0v) is 42.9. The van der Waals surface area contributed by atoms with Crippen LogP contribution in [0.3, 0.4) is 0 Å². The molecule has 0 aliphatic rings. The molecule has 0 radical (unpaired) electrons. The van der Waals surface area contributed by atoms with Crippen LogP contribution in [0.1, 0.15) is 11.1 Å². The van der Waals surface area contributed by atoms with E-state index in [2.05, 4.69) is 228 Å². The molecule has 14 rings (SSSR count). The number of hydrogen-bond acceptors (Lipinski definition) is 3. The molecule has 3 heterocycles. The van der Waals surface area contributed by atoms with E-state index in [9.17, 15) is 0 Å². The molecule has 0 amide bonds. The highest BCUT2D eigenvalue weighted by Gasteiger charge is 2.26. The molecule has 3 aromatic heterocycles. The first kappa shape index (κ1) is 46.1. The standard InChI is InChI=1S/C72H48N6/c1-46-28-32-48(33-29-46)53-36-39-65-60(43-53)57-22-10-12-25-63(57)77(65)67-41-38-55(52-20-14-21-56(42-52)73-3)45-62(67)59-24-15-27-68(69(59)72-75-70(50-16-6-4-7-17-50)74-71(76-72)51-18-8-5-9-19-51)78-64-26-13-11-23-58(64)61-44-54(37-40-66(61)78)49-34-30-47(2)31-35-49/h4-45H,1-2H3. The summed E-state index contributed by atoms with van der Waals surface area (Å²) in [5.74, 6) is 1.68. The van der Waals surface area contributed by atoms with Crippen molar-refractivity contribution in [1.29, 1.82) is 0 Å². The summed E-state index contributed by atoms with van der Waals surface area (Å²) in [5, 5.41) is 4.59. The fraction of sp³-hybridized carbons (Fsp3) is 0.0278. The molecule has 0 aliphatic heterocycles. The minimum Gasteiger partial charge on any atom is -0.309 e. The van der Waals surface area contributed by atoms with Crippen LogP contribution in [0.15, 0.2) is 255 Å². The van der Waals surface area contributed by atoms with Crippen LogP contribution >= 0.6 is 0 Å². The largest absolute Gasteiger partial charge is 0.309 e. The molecule has 0 fully saturated rings. The first-order valence-corrected chi connectivity index (χ1v) is 26.3. The maximum atomic E-state index is 7.99. The highest BCUT2D eigenvalue weighted by atomic mass is 15.1. The lowest BCUT2D eigenvalue weighted by molar-refractivity contribution is 1.06. The Morgan fingerprint density at radius 2 is 0.744 bits per heavy atom. The molecule has 0 unspecified atom stereocenters. The van der Waals surface area contributed by atoms with Crippen molar-refractivity contribution in [1.82, 2.24) is 24.1 Å². The first-order valence-electron chi connectivity index (χ1n) is 26.3. The van der Waals surface area contributed by atoms with Crippen molar-refractivity contribution in [2.24, 2.45) is 0 Å². The van der Waals surface area contributed by atoms with Crippen molar-refractivity contribution < 1.29 is 0 Å². The minimum atomic E-state index is 0.534. The average molecular weight is 997 g/mol. The maximum absolute atomic E-state index is 7.99. The molecular formula is C72H48N6. The quantitative estimate of drug-likeness (QED) is 0.135. The van der Waals surface area contributed by atoms with E-state index in [0.717, 1.165) is 105 Å². The van der Waals surface area contributed by atoms with Gasteiger partial charge in [-0.1, -0.05) is 205 Å². The lowest BCUT2D eigenvalue weighted by Gasteiger charge is -2.21. The zero-order valence-electron chi connectivity index (χ0n) is 42.9. The van der Waals surface area contributed by atoms with Gasteiger partial charge < -0.3 is 9.13 Å². The Bertz CT molecular complexity index is 4620. The predicted molar refractivity (Wildman–Crippen MR) is 322 cm³/mol. The third kappa shape index (κ3) is 8.01. The Balaban J connectivity index is 1.11. The second-order valence-corrected chi connectivity index (χ2v) is 20.0. The number of para-hydroxylation sites is 2. The van der Waals surface area contributed by atoms with Crippen LogP contribution in [0, 0.1) is 20.4 Å². The number of aryl methyl sites for hydroxylation is 2. The summed E-state index contributed by atoms with van der Waals surface area (Å²) in [4.78, 5) is 20.1. The van der Waals surface area contributed by atoms with Crippen molar-refractivity contribution in [3.63, 3.8) is 0 Å². The van der Waals surface area contributed by atoms with Gasteiger partial charge in [0.25, 0.3) is 0 Å². The van der Waals surface area contributed by atoms with E-state index in [1.54, 1.807) is 0 Å². The Labute approximate surface area is 452 Å². The maximum Gasteiger partial charge on any atom is 0.187 e. The fourth-order valence-corrected chi connectivity index (χ4v) is 11.3. The van der Waals surface area contributed by atoms with E-state index in [1.165, 1.54) is 22.3 Å². The number of nitrogens with zero attached hydrogens (tertiary/aromatic N) is 6. The van der Waals surface area contributed by atoms with Gasteiger partial charge in [0.1, 0.15) is 0 Å². The normalized spacial score (nSPS) is 11.4. The summed E-state index contributed by atoms with van der Waals surface area (Å²) in [5.41, 5.74) is 20.3. The van der Waals surface area contributed by atoms with Gasteiger partial charge in [0.15, 0.2) is 23.2 Å². The molecule has 14 aromatic rings. The summed E-state index contributed by atoms with van der Waals surface area (Å²) >= 11 is 0. The van der Waals surface area contributed by atoms with Crippen molar-refractivity contribution in [3.05, 3.63) is 277 Å². The molecule has 11 aromatic carbocycles. The van der Waals surface area contributed by atoms with E-state index in [4.69, 9.17) is 21.5 Å². The minimum absolute atomic E-state index is 0.534. The SMILES string of the molecule is [C-]#[N+]c1cccc(-c2ccc(-n3c4ccccc4c4cc(-c5ccc(C)cc5)ccc43)c(-c3cccc(-n4c5ccccc5c5cc(-c6ccc(C)cc6)ccc54)c3-c3nc(-c4ccccc4)nc(-c4ccccc4)n3)c2)c1. The van der Waals surface area contributed by atoms with Crippen molar-refractivity contribution in [3.8, 4) is 90.0 Å². The molecule has 0 atom stereocenters. The molecule has 0 N–H and O–H groups in total. The molecule has 0 spiro atoms. The second-order valence-electron chi connectivity index (χ2n) is 20.0. The van der Waals surface area contributed by atoms with Crippen LogP contribution in [-0.4, -0.2) is 24.1 Å². The van der Waals surface area contributed by atoms with Crippen LogP contribution < -0.4 is 0 Å². The Morgan fingerprint density at radius 3 is 1.31 bits per heavy atom. The molecule has 0 saturated heterocycles. The van der Waals surface area contributed by atoms with Crippen molar-refractivity contribution >= 4 is 49.3 Å². The summed E-state index contributed by atoms with van der Waals surface area (Å²) < 4.78 is 4.81. The van der Waals surface area contributed by atoms with E-state index >= 15 is 0 Å². The summed E-state index contributed by atoms with van der Waals surface area (Å²) in [6.07, 6.45) is 0. The van der Waals surface area contributed by atoms with Crippen LogP contribution in [0.5, 0.6) is 0 Å². The van der Waals surface area contributed by atoms with E-state index in [-0.39, 0.29) is 0 Å². The molecule has 78 heavy (non-hydrogen) atoms. The highest BCUT2D eigenvalue weighted by molar-refractivity contribution is 6.13. The zero-order chi connectivity index (χ0) is 52.3. The van der Waals surface area contributed by atoms with Crippen molar-refractivity contribution in [2.75, 3.05) is 0 Å². The van der Waals surface area contributed by atoms with E-state index < -0.39 is 0 Å². The van der Waals surface area contributed by atoms with Crippen LogP contribution in [0.2, 0.25) is 0 Å². The van der Waals surface area contributed by atoms with Crippen molar-refractivity contribution in [2.45, 2.75) is 13.8 Å². The van der Waals surface area contributed by atoms with E-state index in [0.29, 0.717) is 23.2 Å². The topological polar surface area (TPSA) is 52.9 Å². The van der Waals surface area contributed by atoms with Crippen LogP contribution in [0.4, 0.5) is 5.69 Å². The summed E-state index contributed by atoms with van der Waals surface area (Å²) in [6.45, 7) is 12.2. The van der Waals surface area contributed by atoms with Crippen LogP contribution in [-0.2, 0) is 0 Å². The average Bonchev–Trinajstić information content (AvgIpc) is 4.15. The third-order valence-corrected chi connectivity index (χ3v) is 15.2. The van der Waals surface area contributed by atoms with Gasteiger partial charge in [0, 0.05) is 38.2 Å². The monoisotopic (exact) mass is 996 g/mol. The highest BCUT2D eigenvalue weighted by Crippen LogP contribution is 2.46. The number of benzene rings is 11. The van der Waals surface area contributed by atoms with Gasteiger partial charge in [-0.3, -0.25) is 0 Å². The molecule has 366 valence electrons. The Kier molecular flexibility index (Phi) is 11.2. The molecule has 6 nitrogen and oxygen atoms in total. The van der Waals surface area contributed by atoms with Gasteiger partial charge in [-0.05, 0) is 113 Å². The van der Waals surface area contributed by atoms with Gasteiger partial charge in [-0.25, -0.2) is 19.8 Å².